The smallest absolute Gasteiger partial charge is 0.323 e. The lowest BCUT2D eigenvalue weighted by Gasteiger charge is -2.20. The van der Waals surface area contributed by atoms with Gasteiger partial charge in [0.05, 0.1) is 4.90 Å². The van der Waals surface area contributed by atoms with Crippen molar-refractivity contribution >= 4 is 32.7 Å². The number of hydrogen-bond acceptors (Lipinski definition) is 4. The third kappa shape index (κ3) is 4.39. The van der Waals surface area contributed by atoms with Gasteiger partial charge in [0.15, 0.2) is 0 Å². The molecule has 0 radical (unpaired) electrons. The van der Waals surface area contributed by atoms with Crippen molar-refractivity contribution in [1.29, 1.82) is 0 Å². The Kier molecular flexibility index (Phi) is 5.24. The summed E-state index contributed by atoms with van der Waals surface area (Å²) in [5.41, 5.74) is 0. The van der Waals surface area contributed by atoms with Gasteiger partial charge in [0.25, 0.3) is 0 Å². The van der Waals surface area contributed by atoms with Crippen molar-refractivity contribution in [3.63, 3.8) is 0 Å². The van der Waals surface area contributed by atoms with Crippen LogP contribution in [0.3, 0.4) is 0 Å². The van der Waals surface area contributed by atoms with Gasteiger partial charge in [-0.15, -0.1) is 0 Å². The van der Waals surface area contributed by atoms with Crippen molar-refractivity contribution in [3.8, 4) is 0 Å². The van der Waals surface area contributed by atoms with Gasteiger partial charge in [-0.1, -0.05) is 30.3 Å². The van der Waals surface area contributed by atoms with Crippen molar-refractivity contribution in [3.05, 3.63) is 42.5 Å². The highest BCUT2D eigenvalue weighted by Gasteiger charge is 2.33. The van der Waals surface area contributed by atoms with Gasteiger partial charge < -0.3 is 10.0 Å². The van der Waals surface area contributed by atoms with Gasteiger partial charge in [-0.25, -0.2) is 13.1 Å². The highest BCUT2D eigenvalue weighted by atomic mass is 32.2. The van der Waals surface area contributed by atoms with Gasteiger partial charge in [0, 0.05) is 19.0 Å². The number of carbonyl (C=O) groups is 2. The van der Waals surface area contributed by atoms with E-state index in [1.54, 1.807) is 12.1 Å². The number of rotatable bonds is 8. The van der Waals surface area contributed by atoms with Crippen LogP contribution in [0.25, 0.3) is 10.8 Å². The molecule has 2 aromatic rings. The third-order valence-corrected chi connectivity index (χ3v) is 5.73. The van der Waals surface area contributed by atoms with Crippen LogP contribution in [0.5, 0.6) is 0 Å². The first-order chi connectivity index (χ1) is 12.4. The quantitative estimate of drug-likeness (QED) is 0.728. The SMILES string of the molecule is O=C(O)CN(C(=O)CCNS(=O)(=O)c1ccc2ccccc2c1)C1CC1. The molecule has 0 heterocycles. The van der Waals surface area contributed by atoms with E-state index < -0.39 is 16.0 Å². The summed E-state index contributed by atoms with van der Waals surface area (Å²) in [5.74, 6) is -1.42. The molecule has 3 rings (SSSR count). The summed E-state index contributed by atoms with van der Waals surface area (Å²) >= 11 is 0. The lowest BCUT2D eigenvalue weighted by molar-refractivity contribution is -0.144. The lowest BCUT2D eigenvalue weighted by Crippen LogP contribution is -2.39. The lowest BCUT2D eigenvalue weighted by atomic mass is 10.1. The van der Waals surface area contributed by atoms with E-state index in [0.717, 1.165) is 23.6 Å². The molecule has 0 aliphatic heterocycles. The van der Waals surface area contributed by atoms with Crippen LogP contribution in [0.4, 0.5) is 0 Å². The van der Waals surface area contributed by atoms with E-state index in [1.807, 2.05) is 24.3 Å². The van der Waals surface area contributed by atoms with Crippen LogP contribution >= 0.6 is 0 Å². The highest BCUT2D eigenvalue weighted by Crippen LogP contribution is 2.27. The van der Waals surface area contributed by atoms with Gasteiger partial charge in [0.1, 0.15) is 6.54 Å². The molecule has 1 aliphatic carbocycles. The molecule has 1 fully saturated rings. The number of nitrogens with one attached hydrogen (secondary N) is 1. The number of carboxylic acid groups (broad SMARTS) is 1. The van der Waals surface area contributed by atoms with Gasteiger partial charge >= 0.3 is 5.97 Å². The minimum atomic E-state index is -3.74. The second-order valence-electron chi connectivity index (χ2n) is 6.30. The Labute approximate surface area is 151 Å². The molecule has 26 heavy (non-hydrogen) atoms. The Balaban J connectivity index is 1.62. The third-order valence-electron chi connectivity index (χ3n) is 4.28. The second-order valence-corrected chi connectivity index (χ2v) is 8.07. The summed E-state index contributed by atoms with van der Waals surface area (Å²) in [6.45, 7) is -0.419. The molecular formula is C18H20N2O5S. The van der Waals surface area contributed by atoms with Crippen LogP contribution in [-0.2, 0) is 19.6 Å². The Morgan fingerprint density at radius 2 is 1.81 bits per heavy atom. The second kappa shape index (κ2) is 7.43. The summed E-state index contributed by atoms with van der Waals surface area (Å²) in [6, 6.07) is 12.2. The zero-order valence-corrected chi connectivity index (χ0v) is 14.9. The molecule has 0 atom stereocenters. The van der Waals surface area contributed by atoms with E-state index in [-0.39, 0.29) is 36.4 Å². The Bertz CT molecular complexity index is 938. The fourth-order valence-electron chi connectivity index (χ4n) is 2.81. The van der Waals surface area contributed by atoms with E-state index >= 15 is 0 Å². The van der Waals surface area contributed by atoms with Crippen molar-refractivity contribution in [2.24, 2.45) is 0 Å². The maximum absolute atomic E-state index is 12.4. The molecule has 0 aromatic heterocycles. The fourth-order valence-corrected chi connectivity index (χ4v) is 3.87. The first-order valence-electron chi connectivity index (χ1n) is 8.36. The predicted octanol–water partition coefficient (Wildman–Crippen LogP) is 1.58. The van der Waals surface area contributed by atoms with Gasteiger partial charge in [-0.3, -0.25) is 9.59 Å². The van der Waals surface area contributed by atoms with Crippen LogP contribution in [0.1, 0.15) is 19.3 Å². The zero-order chi connectivity index (χ0) is 18.7. The average molecular weight is 376 g/mol. The number of hydrogen-bond donors (Lipinski definition) is 2. The molecule has 1 saturated carbocycles. The number of nitrogens with zero attached hydrogens (tertiary/aromatic N) is 1. The Hall–Kier alpha value is -2.45. The van der Waals surface area contributed by atoms with Gasteiger partial charge in [-0.2, -0.15) is 0 Å². The normalized spacial score (nSPS) is 14.3. The molecule has 0 unspecified atom stereocenters. The maximum atomic E-state index is 12.4. The summed E-state index contributed by atoms with van der Waals surface area (Å²) in [4.78, 5) is 24.5. The number of sulfonamides is 1. The Morgan fingerprint density at radius 1 is 1.12 bits per heavy atom. The minimum Gasteiger partial charge on any atom is -0.480 e. The van der Waals surface area contributed by atoms with E-state index in [2.05, 4.69) is 4.72 Å². The number of carboxylic acids is 1. The maximum Gasteiger partial charge on any atom is 0.323 e. The molecule has 1 aliphatic rings. The zero-order valence-electron chi connectivity index (χ0n) is 14.1. The summed E-state index contributed by atoms with van der Waals surface area (Å²) in [5, 5.41) is 10.6. The summed E-state index contributed by atoms with van der Waals surface area (Å²) in [6.07, 6.45) is 1.51. The monoisotopic (exact) mass is 376 g/mol. The minimum absolute atomic E-state index is 0.0318. The van der Waals surface area contributed by atoms with Crippen molar-refractivity contribution in [1.82, 2.24) is 9.62 Å². The van der Waals surface area contributed by atoms with Crippen LogP contribution in [-0.4, -0.2) is 49.4 Å². The van der Waals surface area contributed by atoms with Crippen molar-refractivity contribution < 1.29 is 23.1 Å². The molecule has 2 N–H and O–H groups in total. The molecule has 0 saturated heterocycles. The Morgan fingerprint density at radius 3 is 2.46 bits per heavy atom. The number of amides is 1. The van der Waals surface area contributed by atoms with E-state index in [1.165, 1.54) is 11.0 Å². The standard InChI is InChI=1S/C18H20N2O5S/c21-17(20(12-18(22)23)15-6-7-15)9-10-19-26(24,25)16-8-5-13-3-1-2-4-14(13)11-16/h1-5,8,11,15,19H,6-7,9-10,12H2,(H,22,23). The number of aliphatic carboxylic acids is 1. The number of fused-ring (bicyclic) bond motifs is 1. The molecule has 7 nitrogen and oxygen atoms in total. The van der Waals surface area contributed by atoms with Crippen LogP contribution < -0.4 is 4.72 Å². The fraction of sp³-hybridized carbons (Fsp3) is 0.333. The molecule has 1 amide bonds. The van der Waals surface area contributed by atoms with Crippen molar-refractivity contribution in [2.75, 3.05) is 13.1 Å². The predicted molar refractivity (Wildman–Crippen MR) is 96.1 cm³/mol. The first-order valence-corrected chi connectivity index (χ1v) is 9.85. The summed E-state index contributed by atoms with van der Waals surface area (Å²) < 4.78 is 27.3. The van der Waals surface area contributed by atoms with Gasteiger partial charge in [-0.05, 0) is 35.7 Å². The van der Waals surface area contributed by atoms with Gasteiger partial charge in [0.2, 0.25) is 15.9 Å². The van der Waals surface area contributed by atoms with E-state index in [4.69, 9.17) is 5.11 Å². The topological polar surface area (TPSA) is 104 Å². The number of benzene rings is 2. The average Bonchev–Trinajstić information content (AvgIpc) is 3.43. The first kappa shape index (κ1) is 18.3. The van der Waals surface area contributed by atoms with Crippen LogP contribution in [0.15, 0.2) is 47.4 Å². The molecular weight excluding hydrogens is 356 g/mol. The number of carbonyl (C=O) groups excluding carboxylic acids is 1. The van der Waals surface area contributed by atoms with E-state index in [9.17, 15) is 18.0 Å². The molecule has 0 bridgehead atoms. The molecule has 0 spiro atoms. The molecule has 8 heteroatoms. The van der Waals surface area contributed by atoms with Crippen LogP contribution in [0.2, 0.25) is 0 Å². The molecule has 138 valence electrons. The largest absolute Gasteiger partial charge is 0.480 e. The van der Waals surface area contributed by atoms with Crippen molar-refractivity contribution in [2.45, 2.75) is 30.2 Å². The summed E-state index contributed by atoms with van der Waals surface area (Å²) in [7, 11) is -3.74. The molecule has 2 aromatic carbocycles. The van der Waals surface area contributed by atoms with E-state index in [0.29, 0.717) is 0 Å². The highest BCUT2D eigenvalue weighted by molar-refractivity contribution is 7.89. The van der Waals surface area contributed by atoms with Crippen LogP contribution in [0, 0.1) is 0 Å².